The van der Waals surface area contributed by atoms with Gasteiger partial charge in [-0.3, -0.25) is 4.90 Å². The average Bonchev–Trinajstić information content (AvgIpc) is 3.08. The number of ether oxygens (including phenoxy) is 1. The van der Waals surface area contributed by atoms with Crippen LogP contribution in [0, 0.1) is 11.8 Å². The van der Waals surface area contributed by atoms with Crippen molar-refractivity contribution in [2.24, 2.45) is 11.8 Å². The lowest BCUT2D eigenvalue weighted by Crippen LogP contribution is -2.33. The van der Waals surface area contributed by atoms with Crippen molar-refractivity contribution in [2.45, 2.75) is 69.8 Å². The highest BCUT2D eigenvalue weighted by Crippen LogP contribution is 2.32. The predicted molar refractivity (Wildman–Crippen MR) is 99.7 cm³/mol. The van der Waals surface area contributed by atoms with Crippen molar-refractivity contribution in [3.63, 3.8) is 0 Å². The smallest absolute Gasteiger partial charge is 0.227 e. The SMILES string of the molecule is CC1CCN(Cc2cnc(S(=O)(=O)CC3CC3)n2C[C@H]2CCCO2)CC1. The molecule has 4 rings (SSSR count). The minimum absolute atomic E-state index is 0.110. The fourth-order valence-corrected chi connectivity index (χ4v) is 5.92. The number of hydrogen-bond donors (Lipinski definition) is 0. The summed E-state index contributed by atoms with van der Waals surface area (Å²) in [5, 5.41) is 0.264. The molecule has 1 aliphatic carbocycles. The van der Waals surface area contributed by atoms with E-state index in [9.17, 15) is 8.42 Å². The lowest BCUT2D eigenvalue weighted by molar-refractivity contribution is 0.0927. The van der Waals surface area contributed by atoms with E-state index in [4.69, 9.17) is 4.74 Å². The minimum Gasteiger partial charge on any atom is -0.376 e. The predicted octanol–water partition coefficient (Wildman–Crippen LogP) is 2.48. The zero-order chi connectivity index (χ0) is 18.1. The number of nitrogens with zero attached hydrogens (tertiary/aromatic N) is 3. The quantitative estimate of drug-likeness (QED) is 0.726. The van der Waals surface area contributed by atoms with E-state index in [-0.39, 0.29) is 17.0 Å². The second kappa shape index (κ2) is 7.60. The normalized spacial score (nSPS) is 25.8. The summed E-state index contributed by atoms with van der Waals surface area (Å²) in [7, 11) is -3.32. The molecule has 0 radical (unpaired) electrons. The Hall–Kier alpha value is -0.920. The van der Waals surface area contributed by atoms with Gasteiger partial charge in [0.15, 0.2) is 0 Å². The molecule has 2 aliphatic heterocycles. The van der Waals surface area contributed by atoms with Gasteiger partial charge >= 0.3 is 0 Å². The third-order valence-electron chi connectivity index (χ3n) is 6.00. The summed E-state index contributed by atoms with van der Waals surface area (Å²) in [6, 6.07) is 0. The third-order valence-corrected chi connectivity index (χ3v) is 7.80. The van der Waals surface area contributed by atoms with E-state index in [0.29, 0.717) is 12.5 Å². The molecule has 1 saturated carbocycles. The van der Waals surface area contributed by atoms with Crippen LogP contribution in [0.3, 0.4) is 0 Å². The molecule has 0 amide bonds. The number of hydrogen-bond acceptors (Lipinski definition) is 5. The van der Waals surface area contributed by atoms with Crippen LogP contribution in [0.15, 0.2) is 11.4 Å². The Morgan fingerprint density at radius 2 is 1.96 bits per heavy atom. The summed E-state index contributed by atoms with van der Waals surface area (Å²) >= 11 is 0. The van der Waals surface area contributed by atoms with E-state index in [1.807, 2.05) is 4.57 Å². The highest BCUT2D eigenvalue weighted by atomic mass is 32.2. The molecule has 26 heavy (non-hydrogen) atoms. The first kappa shape index (κ1) is 18.4. The Balaban J connectivity index is 1.55. The largest absolute Gasteiger partial charge is 0.376 e. The van der Waals surface area contributed by atoms with Crippen molar-refractivity contribution < 1.29 is 13.2 Å². The lowest BCUT2D eigenvalue weighted by Gasteiger charge is -2.30. The number of likely N-dealkylation sites (tertiary alicyclic amines) is 1. The molecule has 7 heteroatoms. The molecule has 1 aromatic rings. The first-order valence-corrected chi connectivity index (χ1v) is 11.8. The first-order valence-electron chi connectivity index (χ1n) is 10.1. The third kappa shape index (κ3) is 4.31. The monoisotopic (exact) mass is 381 g/mol. The van der Waals surface area contributed by atoms with Crippen molar-refractivity contribution in [1.82, 2.24) is 14.5 Å². The van der Waals surface area contributed by atoms with Crippen LogP contribution in [-0.2, 0) is 27.7 Å². The molecule has 2 saturated heterocycles. The van der Waals surface area contributed by atoms with Crippen molar-refractivity contribution in [3.05, 3.63) is 11.9 Å². The Labute approximate surface area is 156 Å². The summed E-state index contributed by atoms with van der Waals surface area (Å²) in [4.78, 5) is 6.81. The molecule has 0 aromatic carbocycles. The molecule has 146 valence electrons. The van der Waals surface area contributed by atoms with Gasteiger partial charge in [0.1, 0.15) is 0 Å². The lowest BCUT2D eigenvalue weighted by atomic mass is 9.99. The summed E-state index contributed by atoms with van der Waals surface area (Å²) in [5.41, 5.74) is 1.02. The number of imidazole rings is 1. The molecule has 3 heterocycles. The Morgan fingerprint density at radius 3 is 2.62 bits per heavy atom. The molecule has 6 nitrogen and oxygen atoms in total. The molecule has 1 atom stereocenters. The van der Waals surface area contributed by atoms with Crippen LogP contribution in [0.4, 0.5) is 0 Å². The van der Waals surface area contributed by atoms with Gasteiger partial charge in [-0.2, -0.15) is 0 Å². The van der Waals surface area contributed by atoms with Crippen LogP contribution in [-0.4, -0.2) is 54.4 Å². The molecule has 3 aliphatic rings. The van der Waals surface area contributed by atoms with Crippen molar-refractivity contribution >= 4 is 9.84 Å². The van der Waals surface area contributed by atoms with E-state index in [0.717, 1.165) is 63.5 Å². The average molecular weight is 382 g/mol. The van der Waals surface area contributed by atoms with Crippen LogP contribution in [0.1, 0.15) is 51.1 Å². The molecule has 0 spiro atoms. The van der Waals surface area contributed by atoms with Gasteiger partial charge in [0.05, 0.1) is 30.3 Å². The van der Waals surface area contributed by atoms with Crippen molar-refractivity contribution in [3.8, 4) is 0 Å². The molecule has 0 N–H and O–H groups in total. The van der Waals surface area contributed by atoms with Crippen LogP contribution >= 0.6 is 0 Å². The van der Waals surface area contributed by atoms with E-state index in [2.05, 4.69) is 16.8 Å². The maximum atomic E-state index is 12.9. The maximum Gasteiger partial charge on any atom is 0.227 e. The van der Waals surface area contributed by atoms with Crippen LogP contribution in [0.2, 0.25) is 0 Å². The van der Waals surface area contributed by atoms with Gasteiger partial charge < -0.3 is 9.30 Å². The van der Waals surface area contributed by atoms with Gasteiger partial charge in [-0.05, 0) is 63.5 Å². The van der Waals surface area contributed by atoms with Gasteiger partial charge in [-0.15, -0.1) is 0 Å². The first-order chi connectivity index (χ1) is 12.5. The minimum atomic E-state index is -3.32. The summed E-state index contributed by atoms with van der Waals surface area (Å²) < 4.78 is 33.5. The Bertz CT molecular complexity index is 712. The van der Waals surface area contributed by atoms with E-state index >= 15 is 0 Å². The summed E-state index contributed by atoms with van der Waals surface area (Å²) in [6.07, 6.45) is 8.45. The van der Waals surface area contributed by atoms with Crippen LogP contribution in [0.25, 0.3) is 0 Å². The van der Waals surface area contributed by atoms with Gasteiger partial charge in [0.2, 0.25) is 15.0 Å². The van der Waals surface area contributed by atoms with Gasteiger partial charge in [0, 0.05) is 13.2 Å². The van der Waals surface area contributed by atoms with Gasteiger partial charge in [-0.1, -0.05) is 6.92 Å². The van der Waals surface area contributed by atoms with Crippen LogP contribution in [0.5, 0.6) is 0 Å². The molecule has 3 fully saturated rings. The Kier molecular flexibility index (Phi) is 5.39. The molecule has 1 aromatic heterocycles. The molecule has 0 unspecified atom stereocenters. The topological polar surface area (TPSA) is 64.4 Å². The second-order valence-electron chi connectivity index (χ2n) is 8.46. The number of rotatable bonds is 7. The Morgan fingerprint density at radius 1 is 1.19 bits per heavy atom. The summed E-state index contributed by atoms with van der Waals surface area (Å²) in [5.74, 6) is 1.37. The molecular weight excluding hydrogens is 350 g/mol. The second-order valence-corrected chi connectivity index (χ2v) is 10.4. The maximum absolute atomic E-state index is 12.9. The fraction of sp³-hybridized carbons (Fsp3) is 0.842. The number of sulfone groups is 1. The number of piperidine rings is 1. The van der Waals surface area contributed by atoms with Gasteiger partial charge in [-0.25, -0.2) is 13.4 Å². The zero-order valence-electron chi connectivity index (χ0n) is 15.8. The highest BCUT2D eigenvalue weighted by molar-refractivity contribution is 7.91. The van der Waals surface area contributed by atoms with Crippen LogP contribution < -0.4 is 0 Å². The van der Waals surface area contributed by atoms with E-state index in [1.54, 1.807) is 6.20 Å². The van der Waals surface area contributed by atoms with Crippen molar-refractivity contribution in [2.75, 3.05) is 25.4 Å². The fourth-order valence-electron chi connectivity index (χ4n) is 4.07. The highest BCUT2D eigenvalue weighted by Gasteiger charge is 2.33. The summed E-state index contributed by atoms with van der Waals surface area (Å²) in [6.45, 7) is 6.64. The zero-order valence-corrected chi connectivity index (χ0v) is 16.6. The van der Waals surface area contributed by atoms with E-state index in [1.165, 1.54) is 12.8 Å². The van der Waals surface area contributed by atoms with Crippen molar-refractivity contribution in [1.29, 1.82) is 0 Å². The van der Waals surface area contributed by atoms with E-state index < -0.39 is 9.84 Å². The number of aromatic nitrogens is 2. The molecular formula is C19H31N3O3S. The molecule has 0 bridgehead atoms. The standard InChI is InChI=1S/C19H31N3O3S/c1-15-6-8-21(9-7-15)12-17-11-20-19(26(23,24)14-16-4-5-16)22(17)13-18-3-2-10-25-18/h11,15-16,18H,2-10,12-14H2,1H3/t18-/m1/s1. The van der Waals surface area contributed by atoms with Gasteiger partial charge in [0.25, 0.3) is 0 Å².